The molecule has 4 fully saturated rings. The predicted octanol–water partition coefficient (Wildman–Crippen LogP) is 3.21. The highest BCUT2D eigenvalue weighted by atomic mass is 35.5. The Morgan fingerprint density at radius 1 is 1.23 bits per heavy atom. The molecule has 1 aliphatic heterocycles. The number of carbonyl (C=O) groups excluding carboxylic acids is 3. The molecule has 35 heavy (non-hydrogen) atoms. The first-order chi connectivity index (χ1) is 16.1. The number of aliphatic hydroxyl groups is 1. The molecule has 0 aromatic heterocycles. The summed E-state index contributed by atoms with van der Waals surface area (Å²) in [4.78, 5) is 37.3. The zero-order valence-corrected chi connectivity index (χ0v) is 21.4. The Balaban J connectivity index is 1.62. The third kappa shape index (κ3) is 3.03. The number of halogens is 2. The van der Waals surface area contributed by atoms with Crippen LogP contribution in [-0.2, 0) is 28.6 Å². The Morgan fingerprint density at radius 3 is 2.57 bits per heavy atom. The largest absolute Gasteiger partial charge is 0.458 e. The Hall–Kier alpha value is -1.61. The number of hydrogen-bond donors (Lipinski definition) is 1. The van der Waals surface area contributed by atoms with E-state index in [0.717, 1.165) is 0 Å². The van der Waals surface area contributed by atoms with Crippen molar-refractivity contribution in [1.29, 1.82) is 0 Å². The highest BCUT2D eigenvalue weighted by Gasteiger charge is 2.80. The van der Waals surface area contributed by atoms with Crippen molar-refractivity contribution in [3.05, 3.63) is 23.8 Å². The lowest BCUT2D eigenvalue weighted by molar-refractivity contribution is -0.246. The van der Waals surface area contributed by atoms with E-state index in [4.69, 9.17) is 25.8 Å². The van der Waals surface area contributed by atoms with Gasteiger partial charge in [-0.3, -0.25) is 14.4 Å². The third-order valence-corrected chi connectivity index (χ3v) is 9.86. The van der Waals surface area contributed by atoms with Gasteiger partial charge in [-0.2, -0.15) is 0 Å². The summed E-state index contributed by atoms with van der Waals surface area (Å²) in [7, 11) is 0. The van der Waals surface area contributed by atoms with Crippen LogP contribution in [0.15, 0.2) is 23.8 Å². The number of alkyl halides is 2. The van der Waals surface area contributed by atoms with Gasteiger partial charge in [0.2, 0.25) is 5.78 Å². The monoisotopic (exact) mass is 510 g/mol. The molecule has 5 rings (SSSR count). The molecule has 5 aliphatic rings. The zero-order valence-electron chi connectivity index (χ0n) is 20.6. The van der Waals surface area contributed by atoms with Crippen molar-refractivity contribution in [3.8, 4) is 0 Å². The van der Waals surface area contributed by atoms with Crippen LogP contribution in [0.4, 0.5) is 4.39 Å². The minimum Gasteiger partial charge on any atom is -0.458 e. The Kier molecular flexibility index (Phi) is 5.34. The first kappa shape index (κ1) is 25.1. The number of hydrogen-bond acceptors (Lipinski definition) is 7. The molecule has 4 aliphatic carbocycles. The highest BCUT2D eigenvalue weighted by molar-refractivity contribution is 6.23. The Labute approximate surface area is 209 Å². The maximum absolute atomic E-state index is 17.4. The van der Waals surface area contributed by atoms with E-state index in [1.54, 1.807) is 20.8 Å². The van der Waals surface area contributed by atoms with Crippen LogP contribution in [-0.4, -0.2) is 63.9 Å². The van der Waals surface area contributed by atoms with Gasteiger partial charge >= 0.3 is 5.97 Å². The molecule has 0 radical (unpaired) electrons. The topological polar surface area (TPSA) is 99.1 Å². The van der Waals surface area contributed by atoms with Gasteiger partial charge in [-0.15, -0.1) is 11.6 Å². The standard InChI is InChI=1S/C26H32ClFO7/c1-13(29)33-12-20(32)26-21(34-22(2,3)35-26)10-15-16-9-18(27)17-8-14(30)6-7-23(17,4)25(16,28)19(31)11-24(15,26)5/h6-8,15-16,18-19,21,31H,9-12H2,1-5H3/t15-,16-,18-,19-,21+,23-,24-,25-,26+/m0/s1. The van der Waals surface area contributed by atoms with Gasteiger partial charge in [-0.25, -0.2) is 4.39 Å². The number of allylic oxidation sites excluding steroid dienone is 4. The summed E-state index contributed by atoms with van der Waals surface area (Å²) in [5.74, 6) is -3.54. The molecule has 9 atom stereocenters. The molecule has 7 nitrogen and oxygen atoms in total. The predicted molar refractivity (Wildman–Crippen MR) is 123 cm³/mol. The molecule has 0 aromatic carbocycles. The quantitative estimate of drug-likeness (QED) is 0.459. The fraction of sp³-hybridized carbons (Fsp3) is 0.731. The number of rotatable bonds is 3. The number of carbonyl (C=O) groups is 3. The molecule has 0 unspecified atom stereocenters. The van der Waals surface area contributed by atoms with E-state index in [0.29, 0.717) is 12.0 Å². The fourth-order valence-corrected chi connectivity index (χ4v) is 8.56. The molecule has 0 amide bonds. The number of esters is 1. The molecule has 9 heteroatoms. The minimum atomic E-state index is -2.11. The molecule has 192 valence electrons. The van der Waals surface area contributed by atoms with E-state index < -0.39 is 75.7 Å². The molecule has 3 saturated carbocycles. The van der Waals surface area contributed by atoms with Gasteiger partial charge in [-0.05, 0) is 63.7 Å². The van der Waals surface area contributed by atoms with E-state index in [2.05, 4.69) is 0 Å². The second-order valence-corrected chi connectivity index (χ2v) is 12.2. The molecular formula is C26H32ClFO7. The van der Waals surface area contributed by atoms with Crippen LogP contribution < -0.4 is 0 Å². The second-order valence-electron chi connectivity index (χ2n) is 11.6. The lowest BCUT2D eigenvalue weighted by atomic mass is 9.44. The van der Waals surface area contributed by atoms with Crippen LogP contribution >= 0.6 is 11.6 Å². The van der Waals surface area contributed by atoms with Crippen molar-refractivity contribution in [2.24, 2.45) is 22.7 Å². The molecule has 0 spiro atoms. The van der Waals surface area contributed by atoms with Crippen molar-refractivity contribution in [2.45, 2.75) is 88.5 Å². The van der Waals surface area contributed by atoms with Crippen LogP contribution in [0.25, 0.3) is 0 Å². The minimum absolute atomic E-state index is 0.0654. The summed E-state index contributed by atoms with van der Waals surface area (Å²) in [5, 5.41) is 10.9. The van der Waals surface area contributed by atoms with Crippen molar-refractivity contribution in [1.82, 2.24) is 0 Å². The van der Waals surface area contributed by atoms with Crippen molar-refractivity contribution in [2.75, 3.05) is 6.61 Å². The van der Waals surface area contributed by atoms with Crippen LogP contribution in [0.3, 0.4) is 0 Å². The highest BCUT2D eigenvalue weighted by Crippen LogP contribution is 2.72. The summed E-state index contributed by atoms with van der Waals surface area (Å²) < 4.78 is 35.0. The first-order valence-corrected chi connectivity index (χ1v) is 12.6. The molecule has 0 aromatic rings. The average Bonchev–Trinajstić information content (AvgIpc) is 3.16. The summed E-state index contributed by atoms with van der Waals surface area (Å²) in [6, 6.07) is 0. The first-order valence-electron chi connectivity index (χ1n) is 12.1. The second kappa shape index (κ2) is 7.46. The molecular weight excluding hydrogens is 479 g/mol. The van der Waals surface area contributed by atoms with Crippen LogP contribution in [0.1, 0.15) is 53.9 Å². The van der Waals surface area contributed by atoms with E-state index in [9.17, 15) is 19.5 Å². The van der Waals surface area contributed by atoms with Crippen molar-refractivity contribution < 1.29 is 38.1 Å². The van der Waals surface area contributed by atoms with E-state index in [1.165, 1.54) is 25.2 Å². The molecule has 1 saturated heterocycles. The Morgan fingerprint density at radius 2 is 1.91 bits per heavy atom. The maximum Gasteiger partial charge on any atom is 0.303 e. The van der Waals surface area contributed by atoms with Gasteiger partial charge in [0, 0.05) is 23.7 Å². The Bertz CT molecular complexity index is 1070. The maximum atomic E-state index is 17.4. The van der Waals surface area contributed by atoms with Gasteiger partial charge in [0.05, 0.1) is 17.6 Å². The van der Waals surface area contributed by atoms with Crippen LogP contribution in [0.5, 0.6) is 0 Å². The average molecular weight is 511 g/mol. The molecule has 0 bridgehead atoms. The van der Waals surface area contributed by atoms with Crippen molar-refractivity contribution >= 4 is 29.1 Å². The van der Waals surface area contributed by atoms with Gasteiger partial charge < -0.3 is 19.3 Å². The number of ether oxygens (including phenoxy) is 3. The summed E-state index contributed by atoms with van der Waals surface area (Å²) in [5.41, 5.74) is -5.44. The molecule has 1 N–H and O–H groups in total. The number of fused-ring (bicyclic) bond motifs is 7. The third-order valence-electron chi connectivity index (χ3n) is 9.44. The SMILES string of the molecule is CC(=O)OCC(=O)[C@@]12OC(C)(C)O[C@@H]1C[C@H]1[C@@H]3C[C@H](Cl)C4=CC(=O)C=C[C@]4(C)[C@@]3(F)[C@@H](O)C[C@@]12C. The van der Waals surface area contributed by atoms with Gasteiger partial charge in [-0.1, -0.05) is 13.0 Å². The van der Waals surface area contributed by atoms with E-state index in [1.807, 2.05) is 6.92 Å². The fourth-order valence-electron chi connectivity index (χ4n) is 8.08. The van der Waals surface area contributed by atoms with E-state index >= 15 is 4.39 Å². The van der Waals surface area contributed by atoms with E-state index in [-0.39, 0.29) is 18.6 Å². The molecule has 1 heterocycles. The zero-order chi connectivity index (χ0) is 25.8. The summed E-state index contributed by atoms with van der Waals surface area (Å²) >= 11 is 6.77. The van der Waals surface area contributed by atoms with Gasteiger partial charge in [0.25, 0.3) is 0 Å². The lowest BCUT2D eigenvalue weighted by Gasteiger charge is -2.63. The summed E-state index contributed by atoms with van der Waals surface area (Å²) in [6.45, 7) is 7.66. The smallest absolute Gasteiger partial charge is 0.303 e. The normalized spacial score (nSPS) is 49.4. The van der Waals surface area contributed by atoms with Gasteiger partial charge in [0.15, 0.2) is 29.4 Å². The number of ketones is 2. The van der Waals surface area contributed by atoms with Crippen LogP contribution in [0, 0.1) is 22.7 Å². The number of Topliss-reactive ketones (excluding diaryl/α,β-unsaturated/α-hetero) is 1. The van der Waals surface area contributed by atoms with Gasteiger partial charge in [0.1, 0.15) is 0 Å². The number of aliphatic hydroxyl groups excluding tert-OH is 1. The summed E-state index contributed by atoms with van der Waals surface area (Å²) in [6.07, 6.45) is 2.55. The van der Waals surface area contributed by atoms with Crippen LogP contribution in [0.2, 0.25) is 0 Å². The lowest BCUT2D eigenvalue weighted by Crippen LogP contribution is -2.71. The van der Waals surface area contributed by atoms with Crippen molar-refractivity contribution in [3.63, 3.8) is 0 Å².